The first-order valence-electron chi connectivity index (χ1n) is 7.15. The molecule has 0 saturated heterocycles. The Kier molecular flexibility index (Phi) is 9.44. The van der Waals surface area contributed by atoms with Crippen LogP contribution >= 0.6 is 0 Å². The molecule has 0 bridgehead atoms. The fourth-order valence-corrected chi connectivity index (χ4v) is 1.57. The van der Waals surface area contributed by atoms with E-state index in [4.69, 9.17) is 10.8 Å². The Bertz CT molecular complexity index is 473. The number of Topliss-reactive ketones (excluding diaryl/α,β-unsaturated/α-hetero) is 1. The number of nitrogens with one attached hydrogen (secondary N) is 2. The molecule has 0 aromatic carbocycles. The van der Waals surface area contributed by atoms with Crippen LogP contribution in [0.3, 0.4) is 0 Å². The number of H-pyrrole nitrogens is 1. The van der Waals surface area contributed by atoms with Crippen molar-refractivity contribution in [3.8, 4) is 0 Å². The number of hydrogen-bond donors (Lipinski definition) is 4. The van der Waals surface area contributed by atoms with E-state index in [1.165, 1.54) is 19.4 Å². The number of nitrogens with two attached hydrogens (primary N) is 1. The molecule has 0 aliphatic heterocycles. The molecule has 0 spiro atoms. The van der Waals surface area contributed by atoms with E-state index in [-0.39, 0.29) is 25.0 Å². The lowest BCUT2D eigenvalue weighted by Gasteiger charge is -2.14. The molecule has 0 radical (unpaired) electrons. The molecule has 0 fully saturated rings. The van der Waals surface area contributed by atoms with E-state index < -0.39 is 24.0 Å². The molecule has 0 aliphatic rings. The van der Waals surface area contributed by atoms with Gasteiger partial charge in [-0.25, -0.2) is 9.78 Å². The predicted molar refractivity (Wildman–Crippen MR) is 81.1 cm³/mol. The first kappa shape index (κ1) is 19.8. The van der Waals surface area contributed by atoms with Crippen molar-refractivity contribution >= 4 is 17.7 Å². The van der Waals surface area contributed by atoms with Crippen molar-refractivity contribution in [2.45, 2.75) is 52.1 Å². The molecule has 8 nitrogen and oxygen atoms in total. The van der Waals surface area contributed by atoms with Gasteiger partial charge in [0.2, 0.25) is 5.91 Å². The molecular weight excluding hydrogens is 288 g/mol. The molecule has 2 atom stereocenters. The highest BCUT2D eigenvalue weighted by atomic mass is 16.4. The number of carbonyl (C=O) groups excluding carboxylic acids is 2. The molecular formula is C14H24N4O4. The van der Waals surface area contributed by atoms with Crippen LogP contribution < -0.4 is 11.1 Å². The fraction of sp³-hybridized carbons (Fsp3) is 0.571. The Morgan fingerprint density at radius 3 is 2.50 bits per heavy atom. The van der Waals surface area contributed by atoms with Gasteiger partial charge in [0.25, 0.3) is 0 Å². The number of carboxylic acids is 1. The van der Waals surface area contributed by atoms with Crippen LogP contribution in [0.1, 0.15) is 39.3 Å². The summed E-state index contributed by atoms with van der Waals surface area (Å²) in [6, 6.07) is -1.74. The van der Waals surface area contributed by atoms with Crippen LogP contribution in [0.25, 0.3) is 0 Å². The van der Waals surface area contributed by atoms with Gasteiger partial charge < -0.3 is 21.1 Å². The van der Waals surface area contributed by atoms with Crippen molar-refractivity contribution < 1.29 is 19.5 Å². The van der Waals surface area contributed by atoms with Crippen LogP contribution in [0, 0.1) is 0 Å². The van der Waals surface area contributed by atoms with Gasteiger partial charge in [-0.3, -0.25) is 9.59 Å². The predicted octanol–water partition coefficient (Wildman–Crippen LogP) is 0.244. The van der Waals surface area contributed by atoms with E-state index in [0.29, 0.717) is 5.69 Å². The average molecular weight is 312 g/mol. The molecule has 0 aliphatic carbocycles. The van der Waals surface area contributed by atoms with E-state index in [1.807, 2.05) is 13.8 Å². The number of imidazole rings is 1. The van der Waals surface area contributed by atoms with Crippen LogP contribution in [0.2, 0.25) is 0 Å². The average Bonchev–Trinajstić information content (AvgIpc) is 2.99. The summed E-state index contributed by atoms with van der Waals surface area (Å²) in [6.45, 7) is 5.35. The Morgan fingerprint density at radius 1 is 1.41 bits per heavy atom. The van der Waals surface area contributed by atoms with Crippen LogP contribution in [0.15, 0.2) is 12.5 Å². The summed E-state index contributed by atoms with van der Waals surface area (Å²) in [4.78, 5) is 40.2. The third kappa shape index (κ3) is 7.53. The highest BCUT2D eigenvalue weighted by Gasteiger charge is 2.21. The highest BCUT2D eigenvalue weighted by Crippen LogP contribution is 2.01. The molecule has 1 aromatic heterocycles. The number of ketones is 1. The zero-order chi connectivity index (χ0) is 17.1. The topological polar surface area (TPSA) is 138 Å². The molecule has 2 unspecified atom stereocenters. The number of hydrogen-bond acceptors (Lipinski definition) is 5. The Hall–Kier alpha value is -2.22. The van der Waals surface area contributed by atoms with Crippen LogP contribution in [-0.4, -0.2) is 44.8 Å². The van der Waals surface area contributed by atoms with Gasteiger partial charge in [-0.2, -0.15) is 0 Å². The monoisotopic (exact) mass is 312 g/mol. The number of aromatic amines is 1. The third-order valence-electron chi connectivity index (χ3n) is 2.82. The van der Waals surface area contributed by atoms with E-state index in [1.54, 1.807) is 0 Å². The standard InChI is InChI=1S/C12H18N4O4.C2H6/c1-7(17)9(13)2-3-11(18)16-10(12(19)20)4-8-5-14-6-15-8;1-2/h5-6,9-10H,2-4,13H2,1H3,(H,14,15)(H,16,18)(H,19,20);1-2H3. The van der Waals surface area contributed by atoms with Crippen molar-refractivity contribution in [1.29, 1.82) is 0 Å². The smallest absolute Gasteiger partial charge is 0.326 e. The second-order valence-corrected chi connectivity index (χ2v) is 4.50. The van der Waals surface area contributed by atoms with Gasteiger partial charge in [-0.05, 0) is 13.3 Å². The summed E-state index contributed by atoms with van der Waals surface area (Å²) >= 11 is 0. The maximum Gasteiger partial charge on any atom is 0.326 e. The molecule has 124 valence electrons. The second-order valence-electron chi connectivity index (χ2n) is 4.50. The molecule has 1 rings (SSSR count). The molecule has 22 heavy (non-hydrogen) atoms. The van der Waals surface area contributed by atoms with Gasteiger partial charge in [0.1, 0.15) is 11.8 Å². The summed E-state index contributed by atoms with van der Waals surface area (Å²) in [7, 11) is 0. The van der Waals surface area contributed by atoms with E-state index >= 15 is 0 Å². The molecule has 8 heteroatoms. The molecule has 1 heterocycles. The van der Waals surface area contributed by atoms with Crippen molar-refractivity contribution in [1.82, 2.24) is 15.3 Å². The minimum Gasteiger partial charge on any atom is -0.480 e. The minimum absolute atomic E-state index is 0.00744. The molecule has 1 amide bonds. The number of carboxylic acid groups (broad SMARTS) is 1. The van der Waals surface area contributed by atoms with Crippen molar-refractivity contribution in [3.05, 3.63) is 18.2 Å². The van der Waals surface area contributed by atoms with Crippen LogP contribution in [0.4, 0.5) is 0 Å². The van der Waals surface area contributed by atoms with Gasteiger partial charge in [-0.1, -0.05) is 13.8 Å². The number of amides is 1. The van der Waals surface area contributed by atoms with E-state index in [9.17, 15) is 14.4 Å². The van der Waals surface area contributed by atoms with Crippen molar-refractivity contribution in [3.63, 3.8) is 0 Å². The molecule has 5 N–H and O–H groups in total. The zero-order valence-electron chi connectivity index (χ0n) is 13.1. The van der Waals surface area contributed by atoms with Crippen molar-refractivity contribution in [2.24, 2.45) is 5.73 Å². The number of aromatic nitrogens is 2. The zero-order valence-corrected chi connectivity index (χ0v) is 13.1. The number of aliphatic carboxylic acids is 1. The summed E-state index contributed by atoms with van der Waals surface area (Å²) in [5.74, 6) is -1.79. The normalized spacial score (nSPS) is 12.5. The first-order valence-corrected chi connectivity index (χ1v) is 7.15. The Balaban J connectivity index is 0.00000211. The van der Waals surface area contributed by atoms with Crippen LogP contribution in [-0.2, 0) is 20.8 Å². The number of carbonyl (C=O) groups is 3. The lowest BCUT2D eigenvalue weighted by molar-refractivity contribution is -0.141. The largest absolute Gasteiger partial charge is 0.480 e. The summed E-state index contributed by atoms with van der Waals surface area (Å²) in [6.07, 6.45) is 3.24. The van der Waals surface area contributed by atoms with Gasteiger partial charge in [-0.15, -0.1) is 0 Å². The maximum absolute atomic E-state index is 11.6. The summed E-state index contributed by atoms with van der Waals surface area (Å²) in [5.41, 5.74) is 6.12. The van der Waals surface area contributed by atoms with Gasteiger partial charge in [0.15, 0.2) is 0 Å². The number of nitrogens with zero attached hydrogens (tertiary/aromatic N) is 1. The third-order valence-corrected chi connectivity index (χ3v) is 2.82. The Labute approximate surface area is 129 Å². The molecule has 1 aromatic rings. The minimum atomic E-state index is -1.14. The fourth-order valence-electron chi connectivity index (χ4n) is 1.57. The van der Waals surface area contributed by atoms with Gasteiger partial charge in [0.05, 0.1) is 12.4 Å². The second kappa shape index (κ2) is 10.5. The molecule has 0 saturated carbocycles. The van der Waals surface area contributed by atoms with E-state index in [2.05, 4.69) is 15.3 Å². The number of rotatable bonds is 8. The van der Waals surface area contributed by atoms with Gasteiger partial charge in [0, 0.05) is 24.7 Å². The maximum atomic E-state index is 11.6. The van der Waals surface area contributed by atoms with Gasteiger partial charge >= 0.3 is 5.97 Å². The lowest BCUT2D eigenvalue weighted by atomic mass is 10.1. The van der Waals surface area contributed by atoms with Crippen molar-refractivity contribution in [2.75, 3.05) is 0 Å². The quantitative estimate of drug-likeness (QED) is 0.542. The summed E-state index contributed by atoms with van der Waals surface area (Å²) < 4.78 is 0. The SMILES string of the molecule is CC.CC(=O)C(N)CCC(=O)NC(Cc1cnc[nH]1)C(=O)O. The Morgan fingerprint density at radius 2 is 2.05 bits per heavy atom. The van der Waals surface area contributed by atoms with Crippen LogP contribution in [0.5, 0.6) is 0 Å². The highest BCUT2D eigenvalue weighted by molar-refractivity contribution is 5.85. The van der Waals surface area contributed by atoms with E-state index in [0.717, 1.165) is 0 Å². The first-order chi connectivity index (χ1) is 10.4. The lowest BCUT2D eigenvalue weighted by Crippen LogP contribution is -2.43. The summed E-state index contributed by atoms with van der Waals surface area (Å²) in [5, 5.41) is 11.5.